The SMILES string of the molecule is COC(=O)C(NC(C)C)c1cc(O)cc(F)c1. The van der Waals surface area contributed by atoms with Crippen molar-refractivity contribution < 1.29 is 19.0 Å². The Morgan fingerprint density at radius 2 is 2.06 bits per heavy atom. The summed E-state index contributed by atoms with van der Waals surface area (Å²) in [6.45, 7) is 3.71. The van der Waals surface area contributed by atoms with Gasteiger partial charge in [0.25, 0.3) is 0 Å². The highest BCUT2D eigenvalue weighted by atomic mass is 19.1. The molecule has 94 valence electrons. The number of rotatable bonds is 4. The molecule has 0 aromatic heterocycles. The molecular formula is C12H16FNO3. The fourth-order valence-corrected chi connectivity index (χ4v) is 1.51. The van der Waals surface area contributed by atoms with Crippen molar-refractivity contribution >= 4 is 5.97 Å². The van der Waals surface area contributed by atoms with E-state index in [4.69, 9.17) is 0 Å². The van der Waals surface area contributed by atoms with Gasteiger partial charge in [-0.25, -0.2) is 9.18 Å². The van der Waals surface area contributed by atoms with Crippen molar-refractivity contribution in [3.8, 4) is 5.75 Å². The van der Waals surface area contributed by atoms with Crippen molar-refractivity contribution in [1.82, 2.24) is 5.32 Å². The molecule has 1 aromatic rings. The molecule has 0 radical (unpaired) electrons. The van der Waals surface area contributed by atoms with Gasteiger partial charge in [-0.2, -0.15) is 0 Å². The van der Waals surface area contributed by atoms with Gasteiger partial charge in [-0.05, 0) is 31.5 Å². The van der Waals surface area contributed by atoms with E-state index in [0.717, 1.165) is 6.07 Å². The minimum atomic E-state index is -0.790. The number of hydrogen-bond acceptors (Lipinski definition) is 4. The first kappa shape index (κ1) is 13.4. The maximum absolute atomic E-state index is 13.2. The molecule has 1 atom stereocenters. The molecule has 1 unspecified atom stereocenters. The van der Waals surface area contributed by atoms with Crippen molar-refractivity contribution in [1.29, 1.82) is 0 Å². The lowest BCUT2D eigenvalue weighted by Gasteiger charge is -2.19. The largest absolute Gasteiger partial charge is 0.508 e. The third-order valence-corrected chi connectivity index (χ3v) is 2.18. The molecule has 5 heteroatoms. The molecule has 0 fully saturated rings. The number of halogens is 1. The lowest BCUT2D eigenvalue weighted by atomic mass is 10.1. The van der Waals surface area contributed by atoms with Crippen LogP contribution < -0.4 is 5.32 Å². The number of aromatic hydroxyl groups is 1. The van der Waals surface area contributed by atoms with Gasteiger partial charge in [0.2, 0.25) is 0 Å². The van der Waals surface area contributed by atoms with Gasteiger partial charge in [-0.3, -0.25) is 5.32 Å². The summed E-state index contributed by atoms with van der Waals surface area (Å²) in [5.74, 6) is -1.34. The monoisotopic (exact) mass is 241 g/mol. The van der Waals surface area contributed by atoms with Crippen LogP contribution in [0.25, 0.3) is 0 Å². The molecule has 0 spiro atoms. The summed E-state index contributed by atoms with van der Waals surface area (Å²) in [5.41, 5.74) is 0.336. The molecule has 0 amide bonds. The molecule has 4 nitrogen and oxygen atoms in total. The van der Waals surface area contributed by atoms with Gasteiger partial charge >= 0.3 is 5.97 Å². The van der Waals surface area contributed by atoms with Crippen LogP contribution >= 0.6 is 0 Å². The summed E-state index contributed by atoms with van der Waals surface area (Å²) >= 11 is 0. The molecule has 1 aromatic carbocycles. The Morgan fingerprint density at radius 3 is 2.53 bits per heavy atom. The van der Waals surface area contributed by atoms with E-state index in [1.54, 1.807) is 0 Å². The fourth-order valence-electron chi connectivity index (χ4n) is 1.51. The van der Waals surface area contributed by atoms with E-state index in [1.165, 1.54) is 19.2 Å². The van der Waals surface area contributed by atoms with Crippen molar-refractivity contribution in [2.75, 3.05) is 7.11 Å². The van der Waals surface area contributed by atoms with E-state index < -0.39 is 17.8 Å². The van der Waals surface area contributed by atoms with Crippen molar-refractivity contribution in [3.05, 3.63) is 29.6 Å². The van der Waals surface area contributed by atoms with E-state index in [1.807, 2.05) is 13.8 Å². The van der Waals surface area contributed by atoms with Crippen LogP contribution in [0.4, 0.5) is 4.39 Å². The zero-order valence-corrected chi connectivity index (χ0v) is 10.0. The standard InChI is InChI=1S/C12H16FNO3/c1-7(2)14-11(12(16)17-3)8-4-9(13)6-10(15)5-8/h4-7,11,14-15H,1-3H3. The van der Waals surface area contributed by atoms with Crippen LogP contribution in [0.3, 0.4) is 0 Å². The van der Waals surface area contributed by atoms with Gasteiger partial charge in [-0.1, -0.05) is 0 Å². The number of esters is 1. The van der Waals surface area contributed by atoms with Gasteiger partial charge in [0.15, 0.2) is 0 Å². The maximum Gasteiger partial charge on any atom is 0.327 e. The molecule has 0 bridgehead atoms. The zero-order chi connectivity index (χ0) is 13.0. The predicted octanol–water partition coefficient (Wildman–Crippen LogP) is 1.74. The van der Waals surface area contributed by atoms with Crippen LogP contribution in [-0.2, 0) is 9.53 Å². The number of ether oxygens (including phenoxy) is 1. The van der Waals surface area contributed by atoms with Crippen LogP contribution in [0.1, 0.15) is 25.5 Å². The Balaban J connectivity index is 3.07. The molecule has 0 aliphatic rings. The van der Waals surface area contributed by atoms with Crippen LogP contribution in [0, 0.1) is 5.82 Å². The Morgan fingerprint density at radius 1 is 1.41 bits per heavy atom. The second-order valence-electron chi connectivity index (χ2n) is 4.02. The van der Waals surface area contributed by atoms with Gasteiger partial charge < -0.3 is 9.84 Å². The lowest BCUT2D eigenvalue weighted by Crippen LogP contribution is -2.34. The number of hydrogen-bond donors (Lipinski definition) is 2. The van der Waals surface area contributed by atoms with Gasteiger partial charge in [0, 0.05) is 12.1 Å². The van der Waals surface area contributed by atoms with Crippen LogP contribution in [-0.4, -0.2) is 24.2 Å². The summed E-state index contributed by atoms with van der Waals surface area (Å²) in [7, 11) is 1.26. The average molecular weight is 241 g/mol. The molecule has 1 rings (SSSR count). The Bertz CT molecular complexity index is 386. The lowest BCUT2D eigenvalue weighted by molar-refractivity contribution is -0.143. The minimum absolute atomic E-state index is 0.0181. The first-order chi connectivity index (χ1) is 7.93. The molecule has 2 N–H and O–H groups in total. The fraction of sp³-hybridized carbons (Fsp3) is 0.417. The summed E-state index contributed by atoms with van der Waals surface area (Å²) in [6, 6.07) is 2.73. The van der Waals surface area contributed by atoms with Gasteiger partial charge in [0.05, 0.1) is 7.11 Å². The zero-order valence-electron chi connectivity index (χ0n) is 10.0. The minimum Gasteiger partial charge on any atom is -0.508 e. The van der Waals surface area contributed by atoms with Crippen LogP contribution in [0.5, 0.6) is 5.75 Å². The molecule has 0 heterocycles. The second-order valence-corrected chi connectivity index (χ2v) is 4.02. The van der Waals surface area contributed by atoms with Gasteiger partial charge in [0.1, 0.15) is 17.6 Å². The Hall–Kier alpha value is -1.62. The smallest absolute Gasteiger partial charge is 0.327 e. The molecule has 0 aliphatic carbocycles. The molecule has 0 aliphatic heterocycles. The first-order valence-electron chi connectivity index (χ1n) is 5.27. The Kier molecular flexibility index (Phi) is 4.45. The summed E-state index contributed by atoms with van der Waals surface area (Å²) in [5, 5.41) is 12.3. The number of phenols is 1. The number of nitrogens with one attached hydrogen (secondary N) is 1. The predicted molar refractivity (Wildman–Crippen MR) is 61.1 cm³/mol. The molecular weight excluding hydrogens is 225 g/mol. The topological polar surface area (TPSA) is 58.6 Å². The second kappa shape index (κ2) is 5.63. The van der Waals surface area contributed by atoms with Crippen molar-refractivity contribution in [2.45, 2.75) is 25.9 Å². The summed E-state index contributed by atoms with van der Waals surface area (Å²) in [4.78, 5) is 11.6. The number of carbonyl (C=O) groups is 1. The molecule has 0 saturated heterocycles. The van der Waals surface area contributed by atoms with Crippen LogP contribution in [0.15, 0.2) is 18.2 Å². The maximum atomic E-state index is 13.2. The number of methoxy groups -OCH3 is 1. The Labute approximate surface area is 99.4 Å². The van der Waals surface area contributed by atoms with E-state index in [0.29, 0.717) is 5.56 Å². The van der Waals surface area contributed by atoms with E-state index >= 15 is 0 Å². The van der Waals surface area contributed by atoms with Crippen LogP contribution in [0.2, 0.25) is 0 Å². The third kappa shape index (κ3) is 3.71. The highest BCUT2D eigenvalue weighted by molar-refractivity contribution is 5.77. The highest BCUT2D eigenvalue weighted by Gasteiger charge is 2.23. The van der Waals surface area contributed by atoms with E-state index in [9.17, 15) is 14.3 Å². The normalized spacial score (nSPS) is 12.5. The quantitative estimate of drug-likeness (QED) is 0.788. The number of phenolic OH excluding ortho intramolecular Hbond substituents is 1. The van der Waals surface area contributed by atoms with Gasteiger partial charge in [-0.15, -0.1) is 0 Å². The number of carbonyl (C=O) groups excluding carboxylic acids is 1. The molecule has 17 heavy (non-hydrogen) atoms. The van der Waals surface area contributed by atoms with E-state index in [-0.39, 0.29) is 11.8 Å². The average Bonchev–Trinajstić information content (AvgIpc) is 2.23. The third-order valence-electron chi connectivity index (χ3n) is 2.18. The summed E-state index contributed by atoms with van der Waals surface area (Å²) in [6.07, 6.45) is 0. The van der Waals surface area contributed by atoms with Crippen molar-refractivity contribution in [3.63, 3.8) is 0 Å². The number of benzene rings is 1. The highest BCUT2D eigenvalue weighted by Crippen LogP contribution is 2.22. The molecule has 0 saturated carbocycles. The van der Waals surface area contributed by atoms with E-state index in [2.05, 4.69) is 10.1 Å². The summed E-state index contributed by atoms with van der Waals surface area (Å²) < 4.78 is 17.8. The van der Waals surface area contributed by atoms with Crippen molar-refractivity contribution in [2.24, 2.45) is 0 Å². The first-order valence-corrected chi connectivity index (χ1v) is 5.27.